The maximum Gasteiger partial charge on any atom is 0.317 e. The summed E-state index contributed by atoms with van der Waals surface area (Å²) in [5, 5.41) is 0. The Hall–Kier alpha value is -2.22. The van der Waals surface area contributed by atoms with Crippen molar-refractivity contribution in [3.8, 4) is 17.3 Å². The third kappa shape index (κ3) is 5.41. The molecule has 0 N–H and O–H groups in total. The first-order valence-corrected chi connectivity index (χ1v) is 11.1. The number of aryl methyl sites for hydroxylation is 2. The molecular formula is C20H29N3O4S. The first kappa shape index (κ1) is 22.1. The molecule has 0 aliphatic heterocycles. The molecule has 2 aromatic rings. The number of nitrogens with zero attached hydrogens (tertiary/aromatic N) is 3. The zero-order valence-electron chi connectivity index (χ0n) is 17.7. The Morgan fingerprint density at radius 2 is 1.82 bits per heavy atom. The lowest BCUT2D eigenvalue weighted by Gasteiger charge is -2.21. The molecule has 154 valence electrons. The van der Waals surface area contributed by atoms with Crippen LogP contribution in [0, 0.1) is 13.8 Å². The number of hydrogen-bond donors (Lipinski definition) is 0. The summed E-state index contributed by atoms with van der Waals surface area (Å²) in [5.74, 6) is -0.0758. The van der Waals surface area contributed by atoms with E-state index in [0.717, 1.165) is 0 Å². The minimum Gasteiger partial charge on any atom is -0.458 e. The van der Waals surface area contributed by atoms with Gasteiger partial charge in [0.2, 0.25) is 0 Å². The molecule has 0 fully saturated rings. The lowest BCUT2D eigenvalue weighted by atomic mass is 10.1. The highest BCUT2D eigenvalue weighted by molar-refractivity contribution is 7.90. The minimum atomic E-state index is -3.29. The van der Waals surface area contributed by atoms with Crippen molar-refractivity contribution < 1.29 is 13.2 Å². The highest BCUT2D eigenvalue weighted by atomic mass is 32.2. The molecule has 0 aromatic carbocycles. The fraction of sp³-hybridized carbons (Fsp3) is 0.550. The Balaban J connectivity index is 2.69. The molecule has 0 amide bonds. The highest BCUT2D eigenvalue weighted by Gasteiger charge is 2.22. The molecule has 0 aliphatic rings. The molecule has 0 saturated carbocycles. The van der Waals surface area contributed by atoms with E-state index in [2.05, 4.69) is 9.97 Å². The van der Waals surface area contributed by atoms with E-state index < -0.39 is 15.4 Å². The van der Waals surface area contributed by atoms with Gasteiger partial charge in [-0.1, -0.05) is 6.92 Å². The molecule has 28 heavy (non-hydrogen) atoms. The van der Waals surface area contributed by atoms with Gasteiger partial charge in [-0.2, -0.15) is 9.97 Å². The summed E-state index contributed by atoms with van der Waals surface area (Å²) in [6, 6.07) is 1.88. The second kappa shape index (κ2) is 8.03. The summed E-state index contributed by atoms with van der Waals surface area (Å²) in [4.78, 5) is 21.0. The Labute approximate surface area is 166 Å². The van der Waals surface area contributed by atoms with Crippen molar-refractivity contribution in [3.05, 3.63) is 39.4 Å². The molecule has 8 heteroatoms. The summed E-state index contributed by atoms with van der Waals surface area (Å²) >= 11 is 0. The van der Waals surface area contributed by atoms with Gasteiger partial charge >= 0.3 is 6.01 Å². The van der Waals surface area contributed by atoms with Crippen LogP contribution in [0.4, 0.5) is 0 Å². The van der Waals surface area contributed by atoms with E-state index >= 15 is 0 Å². The van der Waals surface area contributed by atoms with E-state index in [4.69, 9.17) is 4.74 Å². The van der Waals surface area contributed by atoms with Gasteiger partial charge in [0, 0.05) is 24.4 Å². The molecule has 0 aliphatic carbocycles. The van der Waals surface area contributed by atoms with Crippen LogP contribution in [0.5, 0.6) is 6.01 Å². The molecule has 0 unspecified atom stereocenters. The Kier molecular flexibility index (Phi) is 6.33. The van der Waals surface area contributed by atoms with Crippen LogP contribution >= 0.6 is 0 Å². The summed E-state index contributed by atoms with van der Waals surface area (Å²) < 4.78 is 32.1. The molecule has 0 bridgehead atoms. The normalized spacial score (nSPS) is 12.2. The van der Waals surface area contributed by atoms with Crippen LogP contribution in [0.2, 0.25) is 0 Å². The van der Waals surface area contributed by atoms with E-state index in [1.807, 2.05) is 27.7 Å². The van der Waals surface area contributed by atoms with Crippen molar-refractivity contribution in [2.45, 2.75) is 59.3 Å². The van der Waals surface area contributed by atoms with Gasteiger partial charge in [-0.3, -0.25) is 4.79 Å². The quantitative estimate of drug-likeness (QED) is 0.731. The standard InChI is InChI=1S/C20H29N3O4S/c1-8-9-28(25,26)12-16-14(3)17(22-19(21-16)27-20(4,5)6)15-10-13(2)18(24)23(7)11-15/h10-11H,8-9,12H2,1-7H3. The third-order valence-electron chi connectivity index (χ3n) is 4.13. The minimum absolute atomic E-state index is 0.0904. The van der Waals surface area contributed by atoms with Crippen LogP contribution in [0.3, 0.4) is 0 Å². The topological polar surface area (TPSA) is 91.2 Å². The van der Waals surface area contributed by atoms with Gasteiger partial charge in [0.25, 0.3) is 5.56 Å². The average Bonchev–Trinajstić information content (AvgIpc) is 2.53. The number of rotatable bonds is 6. The van der Waals surface area contributed by atoms with Gasteiger partial charge in [-0.15, -0.1) is 0 Å². The SMILES string of the molecule is CCCS(=O)(=O)Cc1nc(OC(C)(C)C)nc(-c2cc(C)c(=O)n(C)c2)c1C. The van der Waals surface area contributed by atoms with Crippen molar-refractivity contribution in [1.29, 1.82) is 0 Å². The molecular weight excluding hydrogens is 378 g/mol. The van der Waals surface area contributed by atoms with Gasteiger partial charge in [-0.05, 0) is 52.7 Å². The molecule has 0 radical (unpaired) electrons. The van der Waals surface area contributed by atoms with Crippen LogP contribution in [0.1, 0.15) is 50.9 Å². The highest BCUT2D eigenvalue weighted by Crippen LogP contribution is 2.27. The van der Waals surface area contributed by atoms with E-state index in [1.165, 1.54) is 4.57 Å². The number of hydrogen-bond acceptors (Lipinski definition) is 6. The van der Waals surface area contributed by atoms with Crippen LogP contribution in [0.15, 0.2) is 17.1 Å². The molecule has 2 heterocycles. The Bertz CT molecular complexity index is 1010. The van der Waals surface area contributed by atoms with Gasteiger partial charge in [0.15, 0.2) is 9.84 Å². The van der Waals surface area contributed by atoms with Crippen LogP contribution in [0.25, 0.3) is 11.3 Å². The number of aromatic nitrogens is 3. The van der Waals surface area contributed by atoms with Gasteiger partial charge in [0.05, 0.1) is 22.9 Å². The van der Waals surface area contributed by atoms with Crippen molar-refractivity contribution in [2.75, 3.05) is 5.75 Å². The third-order valence-corrected chi connectivity index (χ3v) is 5.87. The molecule has 2 aromatic heterocycles. The van der Waals surface area contributed by atoms with Crippen molar-refractivity contribution in [1.82, 2.24) is 14.5 Å². The monoisotopic (exact) mass is 407 g/mol. The fourth-order valence-electron chi connectivity index (χ4n) is 2.88. The van der Waals surface area contributed by atoms with Crippen LogP contribution < -0.4 is 10.3 Å². The molecule has 0 saturated heterocycles. The smallest absolute Gasteiger partial charge is 0.317 e. The van der Waals surface area contributed by atoms with Gasteiger partial charge < -0.3 is 9.30 Å². The molecule has 0 spiro atoms. The number of sulfone groups is 1. The Morgan fingerprint density at radius 1 is 1.18 bits per heavy atom. The summed E-state index contributed by atoms with van der Waals surface area (Å²) in [7, 11) is -1.62. The zero-order valence-corrected chi connectivity index (χ0v) is 18.5. The Morgan fingerprint density at radius 3 is 2.36 bits per heavy atom. The predicted molar refractivity (Wildman–Crippen MR) is 110 cm³/mol. The summed E-state index contributed by atoms with van der Waals surface area (Å²) in [5.41, 5.74) is 2.32. The van der Waals surface area contributed by atoms with Crippen molar-refractivity contribution >= 4 is 9.84 Å². The second-order valence-electron chi connectivity index (χ2n) is 8.06. The molecule has 7 nitrogen and oxygen atoms in total. The van der Waals surface area contributed by atoms with Crippen LogP contribution in [-0.4, -0.2) is 34.3 Å². The van der Waals surface area contributed by atoms with E-state index in [1.54, 1.807) is 33.2 Å². The lowest BCUT2D eigenvalue weighted by molar-refractivity contribution is 0.116. The van der Waals surface area contributed by atoms with Gasteiger partial charge in [-0.25, -0.2) is 8.42 Å². The predicted octanol–water partition coefficient (Wildman–Crippen LogP) is 2.96. The number of pyridine rings is 1. The molecule has 2 rings (SSSR count). The first-order valence-electron chi connectivity index (χ1n) is 9.27. The van der Waals surface area contributed by atoms with E-state index in [-0.39, 0.29) is 23.1 Å². The average molecular weight is 408 g/mol. The van der Waals surface area contributed by atoms with Crippen molar-refractivity contribution in [3.63, 3.8) is 0 Å². The maximum absolute atomic E-state index is 12.4. The first-order chi connectivity index (χ1) is 12.8. The number of ether oxygens (including phenoxy) is 1. The largest absolute Gasteiger partial charge is 0.458 e. The second-order valence-corrected chi connectivity index (χ2v) is 10.2. The van der Waals surface area contributed by atoms with Gasteiger partial charge in [0.1, 0.15) is 5.60 Å². The summed E-state index contributed by atoms with van der Waals surface area (Å²) in [6.07, 6.45) is 2.24. The van der Waals surface area contributed by atoms with Crippen molar-refractivity contribution in [2.24, 2.45) is 7.05 Å². The molecule has 0 atom stereocenters. The zero-order chi connectivity index (χ0) is 21.3. The fourth-order valence-corrected chi connectivity index (χ4v) is 4.34. The van der Waals surface area contributed by atoms with E-state index in [9.17, 15) is 13.2 Å². The van der Waals surface area contributed by atoms with Crippen LogP contribution in [-0.2, 0) is 22.6 Å². The maximum atomic E-state index is 12.4. The lowest BCUT2D eigenvalue weighted by Crippen LogP contribution is -2.25. The summed E-state index contributed by atoms with van der Waals surface area (Å²) in [6.45, 7) is 11.0. The van der Waals surface area contributed by atoms with E-state index in [0.29, 0.717) is 34.5 Å².